The van der Waals surface area contributed by atoms with E-state index in [1.807, 2.05) is 64.1 Å². The summed E-state index contributed by atoms with van der Waals surface area (Å²) >= 11 is 0. The van der Waals surface area contributed by atoms with Gasteiger partial charge in [-0.1, -0.05) is 49.5 Å². The lowest BCUT2D eigenvalue weighted by Crippen LogP contribution is -2.31. The largest absolute Gasteiger partial charge is 0.490 e. The summed E-state index contributed by atoms with van der Waals surface area (Å²) in [5.41, 5.74) is 4.93. The van der Waals surface area contributed by atoms with Gasteiger partial charge in [-0.2, -0.15) is 4.68 Å². The van der Waals surface area contributed by atoms with Crippen molar-refractivity contribution in [1.29, 1.82) is 0 Å². The molecule has 2 N–H and O–H groups in total. The van der Waals surface area contributed by atoms with Crippen molar-refractivity contribution in [2.45, 2.75) is 66.3 Å². The fourth-order valence-corrected chi connectivity index (χ4v) is 4.48. The van der Waals surface area contributed by atoms with Gasteiger partial charge in [0.25, 0.3) is 5.91 Å². The van der Waals surface area contributed by atoms with Crippen molar-refractivity contribution >= 4 is 17.5 Å². The first kappa shape index (κ1) is 26.2. The summed E-state index contributed by atoms with van der Waals surface area (Å²) in [6.45, 7) is 11.1. The number of amides is 1. The van der Waals surface area contributed by atoms with Crippen molar-refractivity contribution < 1.29 is 14.3 Å². The van der Waals surface area contributed by atoms with Crippen LogP contribution in [-0.4, -0.2) is 39.3 Å². The second-order valence-corrected chi connectivity index (χ2v) is 9.26. The van der Waals surface area contributed by atoms with Crippen LogP contribution in [0.25, 0.3) is 0 Å². The second-order valence-electron chi connectivity index (χ2n) is 9.26. The van der Waals surface area contributed by atoms with E-state index in [0.717, 1.165) is 35.2 Å². The molecular weight excluding hydrogens is 468 g/mol. The predicted molar refractivity (Wildman–Crippen MR) is 144 cm³/mol. The molecule has 1 aliphatic heterocycles. The average molecular weight is 505 g/mol. The number of anilines is 2. The minimum atomic E-state index is -0.547. The number of hydrogen-bond acceptors (Lipinski definition) is 7. The number of carbonyl (C=O) groups excluding carboxylic acids is 1. The zero-order valence-corrected chi connectivity index (χ0v) is 22.3. The Bertz CT molecular complexity index is 1280. The van der Waals surface area contributed by atoms with Crippen molar-refractivity contribution in [3.63, 3.8) is 0 Å². The van der Waals surface area contributed by atoms with Gasteiger partial charge < -0.3 is 20.1 Å². The van der Waals surface area contributed by atoms with E-state index in [0.29, 0.717) is 41.9 Å². The second kappa shape index (κ2) is 11.9. The Labute approximate surface area is 218 Å². The lowest BCUT2D eigenvalue weighted by atomic mass is 9.94. The van der Waals surface area contributed by atoms with Gasteiger partial charge in [-0.25, -0.2) is 0 Å². The first-order valence-electron chi connectivity index (χ1n) is 13.0. The molecule has 0 saturated carbocycles. The highest BCUT2D eigenvalue weighted by molar-refractivity contribution is 6.06. The number of nitrogens with one attached hydrogen (secondary N) is 2. The van der Waals surface area contributed by atoms with E-state index < -0.39 is 6.04 Å². The van der Waals surface area contributed by atoms with Crippen LogP contribution in [0.1, 0.15) is 69.2 Å². The molecule has 1 amide bonds. The molecule has 1 aliphatic rings. The maximum atomic E-state index is 13.7. The smallest absolute Gasteiger partial charge is 0.255 e. The third-order valence-electron chi connectivity index (χ3n) is 6.65. The number of unbranched alkanes of at least 4 members (excludes halogenated alkanes) is 3. The molecule has 0 spiro atoms. The van der Waals surface area contributed by atoms with Gasteiger partial charge in [-0.05, 0) is 79.4 Å². The van der Waals surface area contributed by atoms with Gasteiger partial charge in [0, 0.05) is 11.4 Å². The molecule has 4 rings (SSSR count). The normalized spacial score (nSPS) is 14.7. The molecule has 3 aromatic rings. The van der Waals surface area contributed by atoms with Crippen LogP contribution >= 0.6 is 0 Å². The first-order valence-corrected chi connectivity index (χ1v) is 13.0. The quantitative estimate of drug-likeness (QED) is 0.329. The van der Waals surface area contributed by atoms with Gasteiger partial charge in [0.15, 0.2) is 11.5 Å². The number of benzene rings is 2. The molecular formula is C28H36N6O3. The zero-order valence-electron chi connectivity index (χ0n) is 22.3. The van der Waals surface area contributed by atoms with E-state index in [4.69, 9.17) is 9.47 Å². The van der Waals surface area contributed by atoms with Gasteiger partial charge in [-0.3, -0.25) is 4.79 Å². The zero-order chi connectivity index (χ0) is 26.4. The molecule has 196 valence electrons. The molecule has 9 nitrogen and oxygen atoms in total. The van der Waals surface area contributed by atoms with Crippen LogP contribution in [0.15, 0.2) is 47.7 Å². The van der Waals surface area contributed by atoms with E-state index in [1.165, 1.54) is 12.8 Å². The number of allylic oxidation sites excluding steroid dienone is 1. The maximum Gasteiger partial charge on any atom is 0.255 e. The summed E-state index contributed by atoms with van der Waals surface area (Å²) in [4.78, 5) is 13.7. The number of nitrogens with zero attached hydrogens (tertiary/aromatic N) is 4. The Kier molecular flexibility index (Phi) is 8.43. The molecule has 0 saturated heterocycles. The third-order valence-corrected chi connectivity index (χ3v) is 6.65. The molecule has 1 aromatic heterocycles. The van der Waals surface area contributed by atoms with Gasteiger partial charge in [0.2, 0.25) is 5.95 Å². The van der Waals surface area contributed by atoms with Crippen LogP contribution in [0.3, 0.4) is 0 Å². The van der Waals surface area contributed by atoms with Crippen molar-refractivity contribution in [3.05, 3.63) is 64.4 Å². The standard InChI is InChI=1S/C28H36N6O3/c1-6-8-9-10-16-37-23-15-14-21(17-24(23)36-7-2)26-25(20(5)29-28-31-32-33-34(26)28)27(35)30-22-13-11-12-18(3)19(22)4/h11-15,17,26H,6-10,16H2,1-5H3,(H,30,35)(H,29,31,33). The van der Waals surface area contributed by atoms with Crippen molar-refractivity contribution in [3.8, 4) is 11.5 Å². The van der Waals surface area contributed by atoms with E-state index in [9.17, 15) is 4.79 Å². The van der Waals surface area contributed by atoms with E-state index in [1.54, 1.807) is 4.68 Å². The number of tetrazole rings is 1. The maximum absolute atomic E-state index is 13.7. The summed E-state index contributed by atoms with van der Waals surface area (Å²) in [5, 5.41) is 18.4. The van der Waals surface area contributed by atoms with Crippen LogP contribution in [0.2, 0.25) is 0 Å². The number of rotatable bonds is 11. The lowest BCUT2D eigenvalue weighted by Gasteiger charge is -2.28. The highest BCUT2D eigenvalue weighted by Gasteiger charge is 2.34. The number of fused-ring (bicyclic) bond motifs is 1. The Hall–Kier alpha value is -3.88. The van der Waals surface area contributed by atoms with Crippen molar-refractivity contribution in [2.75, 3.05) is 23.8 Å². The molecule has 0 fully saturated rings. The first-order chi connectivity index (χ1) is 17.9. The molecule has 37 heavy (non-hydrogen) atoms. The SMILES string of the molecule is CCCCCCOc1ccc(C2C(C(=O)Nc3cccc(C)c3C)=C(C)Nc3nnnn32)cc1OCC. The molecule has 2 heterocycles. The van der Waals surface area contributed by atoms with Crippen LogP contribution in [0.4, 0.5) is 11.6 Å². The van der Waals surface area contributed by atoms with Gasteiger partial charge in [0.1, 0.15) is 6.04 Å². The predicted octanol–water partition coefficient (Wildman–Crippen LogP) is 5.58. The van der Waals surface area contributed by atoms with Crippen LogP contribution in [0, 0.1) is 13.8 Å². The monoisotopic (exact) mass is 504 g/mol. The topological polar surface area (TPSA) is 103 Å². The van der Waals surface area contributed by atoms with Crippen LogP contribution < -0.4 is 20.1 Å². The van der Waals surface area contributed by atoms with E-state index >= 15 is 0 Å². The van der Waals surface area contributed by atoms with Crippen LogP contribution in [-0.2, 0) is 4.79 Å². The third kappa shape index (κ3) is 5.76. The molecule has 0 bridgehead atoms. The Morgan fingerprint density at radius 3 is 2.68 bits per heavy atom. The molecule has 9 heteroatoms. The van der Waals surface area contributed by atoms with Crippen LogP contribution in [0.5, 0.6) is 11.5 Å². The number of carbonyl (C=O) groups is 1. The molecule has 1 unspecified atom stereocenters. The van der Waals surface area contributed by atoms with E-state index in [-0.39, 0.29) is 5.91 Å². The van der Waals surface area contributed by atoms with Gasteiger partial charge in [-0.15, -0.1) is 0 Å². The van der Waals surface area contributed by atoms with Crippen molar-refractivity contribution in [2.24, 2.45) is 0 Å². The summed E-state index contributed by atoms with van der Waals surface area (Å²) < 4.78 is 13.6. The Balaban J connectivity index is 1.67. The summed E-state index contributed by atoms with van der Waals surface area (Å²) in [6.07, 6.45) is 4.51. The summed E-state index contributed by atoms with van der Waals surface area (Å²) in [7, 11) is 0. The fourth-order valence-electron chi connectivity index (χ4n) is 4.48. The Morgan fingerprint density at radius 1 is 1.05 bits per heavy atom. The Morgan fingerprint density at radius 2 is 1.89 bits per heavy atom. The van der Waals surface area contributed by atoms with E-state index in [2.05, 4.69) is 33.1 Å². The highest BCUT2D eigenvalue weighted by atomic mass is 16.5. The molecule has 1 atom stereocenters. The highest BCUT2D eigenvalue weighted by Crippen LogP contribution is 2.39. The van der Waals surface area contributed by atoms with Gasteiger partial charge in [0.05, 0.1) is 18.8 Å². The minimum absolute atomic E-state index is 0.223. The summed E-state index contributed by atoms with van der Waals surface area (Å²) in [5.74, 6) is 1.57. The number of ether oxygens (including phenoxy) is 2. The van der Waals surface area contributed by atoms with Gasteiger partial charge >= 0.3 is 0 Å². The number of aryl methyl sites for hydroxylation is 1. The summed E-state index contributed by atoms with van der Waals surface area (Å²) in [6, 6.07) is 11.1. The minimum Gasteiger partial charge on any atom is -0.490 e. The average Bonchev–Trinajstić information content (AvgIpc) is 3.34. The molecule has 0 radical (unpaired) electrons. The molecule has 0 aliphatic carbocycles. The fraction of sp³-hybridized carbons (Fsp3) is 0.429. The number of aromatic nitrogens is 4. The van der Waals surface area contributed by atoms with Crippen molar-refractivity contribution in [1.82, 2.24) is 20.2 Å². The lowest BCUT2D eigenvalue weighted by molar-refractivity contribution is -0.113. The number of hydrogen-bond donors (Lipinski definition) is 2. The molecule has 2 aromatic carbocycles.